The van der Waals surface area contributed by atoms with Crippen LogP contribution in [0.1, 0.15) is 0 Å². The van der Waals surface area contributed by atoms with Gasteiger partial charge in [-0.1, -0.05) is 0 Å². The molecule has 2 N–H and O–H groups in total. The monoisotopic (exact) mass is 323 g/mol. The van der Waals surface area contributed by atoms with E-state index in [1.165, 1.54) is 0 Å². The van der Waals surface area contributed by atoms with E-state index in [9.17, 15) is 0 Å². The molecule has 4 rings (SSSR count). The van der Waals surface area contributed by atoms with E-state index in [1.807, 2.05) is 0 Å². The number of nitrogens with one attached hydrogen (secondary N) is 1. The van der Waals surface area contributed by atoms with Crippen molar-refractivity contribution in [1.82, 2.24) is 5.32 Å². The van der Waals surface area contributed by atoms with Crippen LogP contribution in [0.5, 0.6) is 0 Å². The summed E-state index contributed by atoms with van der Waals surface area (Å²) in [6, 6.07) is 0. The van der Waals surface area contributed by atoms with Gasteiger partial charge in [-0.15, -0.1) is 11.6 Å². The molecule has 1 atom stereocenters. The van der Waals surface area contributed by atoms with Gasteiger partial charge in [-0.05, 0) is 0 Å². The van der Waals surface area contributed by atoms with E-state index < -0.39 is 0 Å². The van der Waals surface area contributed by atoms with Crippen LogP contribution in [0, 0.1) is 0 Å². The van der Waals surface area contributed by atoms with E-state index in [2.05, 4.69) is 5.32 Å². The molecule has 4 heterocycles. The van der Waals surface area contributed by atoms with Crippen LogP contribution in [0.4, 0.5) is 0 Å². The number of nitrogens with zero attached hydrogens (tertiary/aromatic N) is 1. The standard InChI is InChI=1S/C7H14NO2.C4H9NO.C3H5ClO/c9-7-5-8(6-7)1-3-10-4-2-8;1-3-6-4-2-5-1;4-1-3-2-5-3/h7,9H,1-6H2;5H,1-4H2;3H,1-2H2/q+1;;. The van der Waals surface area contributed by atoms with Gasteiger partial charge in [0.15, 0.2) is 6.10 Å². The molecule has 0 aromatic carbocycles. The van der Waals surface area contributed by atoms with Crippen molar-refractivity contribution in [3.05, 3.63) is 0 Å². The first-order valence-corrected chi connectivity index (χ1v) is 8.34. The molecule has 0 radical (unpaired) electrons. The van der Waals surface area contributed by atoms with Crippen LogP contribution >= 0.6 is 11.6 Å². The van der Waals surface area contributed by atoms with Crippen LogP contribution in [0.2, 0.25) is 0 Å². The van der Waals surface area contributed by atoms with Gasteiger partial charge in [0.2, 0.25) is 0 Å². The van der Waals surface area contributed by atoms with E-state index in [-0.39, 0.29) is 6.10 Å². The number of aliphatic hydroxyl groups excluding tert-OH is 1. The number of aliphatic hydroxyl groups is 1. The molecule has 0 aromatic heterocycles. The average Bonchev–Trinajstić information content (AvgIpc) is 3.34. The molecule has 0 saturated carbocycles. The average molecular weight is 324 g/mol. The topological polar surface area (TPSA) is 63.2 Å². The summed E-state index contributed by atoms with van der Waals surface area (Å²) in [7, 11) is 0. The number of morpholine rings is 2. The molecule has 1 unspecified atom stereocenters. The zero-order valence-corrected chi connectivity index (χ0v) is 13.4. The number of ether oxygens (including phenoxy) is 3. The summed E-state index contributed by atoms with van der Waals surface area (Å²) in [6.45, 7) is 10.6. The SMILES string of the molecule is C1COCCN1.ClCC1CO1.OC1C[N+]2(CCOCC2)C1. The Labute approximate surface area is 131 Å². The molecule has 0 aromatic rings. The van der Waals surface area contributed by atoms with Gasteiger partial charge in [0.1, 0.15) is 26.2 Å². The van der Waals surface area contributed by atoms with Gasteiger partial charge in [0, 0.05) is 13.1 Å². The highest BCUT2D eigenvalue weighted by Gasteiger charge is 2.43. The molecule has 1 spiro atoms. The van der Waals surface area contributed by atoms with Crippen LogP contribution in [-0.4, -0.2) is 100.0 Å². The molecule has 124 valence electrons. The maximum atomic E-state index is 9.11. The van der Waals surface area contributed by atoms with Crippen LogP contribution in [0.15, 0.2) is 0 Å². The Morgan fingerprint density at radius 3 is 1.90 bits per heavy atom. The Hall–Kier alpha value is 0.0500. The fourth-order valence-corrected chi connectivity index (χ4v) is 2.79. The predicted molar refractivity (Wildman–Crippen MR) is 80.7 cm³/mol. The minimum atomic E-state index is -0.0295. The van der Waals surface area contributed by atoms with Gasteiger partial charge < -0.3 is 29.1 Å². The van der Waals surface area contributed by atoms with Crippen molar-refractivity contribution in [1.29, 1.82) is 0 Å². The summed E-state index contributed by atoms with van der Waals surface area (Å²) in [4.78, 5) is 0. The second-order valence-corrected chi connectivity index (χ2v) is 6.20. The van der Waals surface area contributed by atoms with Gasteiger partial charge in [-0.2, -0.15) is 0 Å². The molecule has 4 fully saturated rings. The number of alkyl halides is 1. The fourth-order valence-electron chi connectivity index (χ4n) is 2.61. The van der Waals surface area contributed by atoms with Gasteiger partial charge in [-0.3, -0.25) is 0 Å². The number of halogens is 1. The zero-order valence-electron chi connectivity index (χ0n) is 12.6. The molecule has 0 aliphatic carbocycles. The van der Waals surface area contributed by atoms with E-state index >= 15 is 0 Å². The first kappa shape index (κ1) is 17.4. The minimum absolute atomic E-state index is 0.0295. The van der Waals surface area contributed by atoms with E-state index in [1.54, 1.807) is 0 Å². The first-order valence-electron chi connectivity index (χ1n) is 7.81. The predicted octanol–water partition coefficient (Wildman–Crippen LogP) is -0.562. The van der Waals surface area contributed by atoms with Gasteiger partial charge in [-0.25, -0.2) is 0 Å². The fraction of sp³-hybridized carbons (Fsp3) is 1.00. The largest absolute Gasteiger partial charge is 0.382 e. The summed E-state index contributed by atoms with van der Waals surface area (Å²) >= 11 is 5.27. The first-order chi connectivity index (χ1) is 10.2. The second-order valence-electron chi connectivity index (χ2n) is 5.89. The summed E-state index contributed by atoms with van der Waals surface area (Å²) < 4.78 is 16.1. The van der Waals surface area contributed by atoms with Gasteiger partial charge in [0.25, 0.3) is 0 Å². The summed E-state index contributed by atoms with van der Waals surface area (Å²) in [5, 5.41) is 12.3. The number of hydrogen-bond acceptors (Lipinski definition) is 5. The molecular formula is C14H28ClN2O4+. The van der Waals surface area contributed by atoms with Crippen molar-refractivity contribution in [2.24, 2.45) is 0 Å². The summed E-state index contributed by atoms with van der Waals surface area (Å²) in [5.74, 6) is 0.667. The molecule has 4 saturated heterocycles. The maximum absolute atomic E-state index is 9.11. The lowest BCUT2D eigenvalue weighted by molar-refractivity contribution is -0.978. The van der Waals surface area contributed by atoms with E-state index in [0.717, 1.165) is 76.8 Å². The highest BCUT2D eigenvalue weighted by atomic mass is 35.5. The van der Waals surface area contributed by atoms with Crippen molar-refractivity contribution in [2.75, 3.05) is 78.2 Å². The minimum Gasteiger partial charge on any atom is -0.382 e. The lowest BCUT2D eigenvalue weighted by Gasteiger charge is -2.50. The van der Waals surface area contributed by atoms with E-state index in [0.29, 0.717) is 12.0 Å². The smallest absolute Gasteiger partial charge is 0.152 e. The molecule has 6 nitrogen and oxygen atoms in total. The quantitative estimate of drug-likeness (QED) is 0.385. The highest BCUT2D eigenvalue weighted by molar-refractivity contribution is 6.18. The molecule has 21 heavy (non-hydrogen) atoms. The summed E-state index contributed by atoms with van der Waals surface area (Å²) in [5.41, 5.74) is 0. The number of epoxide rings is 1. The number of hydrogen-bond donors (Lipinski definition) is 2. The molecule has 0 amide bonds. The Morgan fingerprint density at radius 1 is 1.05 bits per heavy atom. The van der Waals surface area contributed by atoms with Gasteiger partial charge in [0.05, 0.1) is 45.0 Å². The van der Waals surface area contributed by atoms with Crippen LogP contribution in [0.25, 0.3) is 0 Å². The Morgan fingerprint density at radius 2 is 1.62 bits per heavy atom. The summed E-state index contributed by atoms with van der Waals surface area (Å²) in [6.07, 6.45) is 0.370. The normalized spacial score (nSPS) is 30.3. The maximum Gasteiger partial charge on any atom is 0.152 e. The Balaban J connectivity index is 0.000000126. The molecule has 0 bridgehead atoms. The second kappa shape index (κ2) is 9.25. The van der Waals surface area contributed by atoms with Crippen LogP contribution in [0.3, 0.4) is 0 Å². The third kappa shape index (κ3) is 6.78. The zero-order chi connectivity index (χ0) is 15.0. The molecule has 7 heteroatoms. The Kier molecular flexibility index (Phi) is 7.66. The molecule has 4 aliphatic heterocycles. The van der Waals surface area contributed by atoms with Crippen molar-refractivity contribution in [3.63, 3.8) is 0 Å². The molecule has 4 aliphatic rings. The van der Waals surface area contributed by atoms with Crippen molar-refractivity contribution >= 4 is 11.6 Å². The van der Waals surface area contributed by atoms with Crippen molar-refractivity contribution < 1.29 is 23.8 Å². The lowest BCUT2D eigenvalue weighted by Crippen LogP contribution is -2.69. The Bertz CT molecular complexity index is 255. The van der Waals surface area contributed by atoms with Crippen LogP contribution < -0.4 is 5.32 Å². The van der Waals surface area contributed by atoms with Crippen molar-refractivity contribution in [3.8, 4) is 0 Å². The third-order valence-corrected chi connectivity index (χ3v) is 4.38. The van der Waals surface area contributed by atoms with Gasteiger partial charge >= 0.3 is 0 Å². The molecular weight excluding hydrogens is 296 g/mol. The van der Waals surface area contributed by atoms with E-state index in [4.69, 9.17) is 30.9 Å². The third-order valence-electron chi connectivity index (χ3n) is 4.04. The van der Waals surface area contributed by atoms with Crippen LogP contribution in [-0.2, 0) is 14.2 Å². The lowest BCUT2D eigenvalue weighted by atomic mass is 10.1. The highest BCUT2D eigenvalue weighted by Crippen LogP contribution is 2.21. The number of rotatable bonds is 1. The number of quaternary nitrogens is 1. The van der Waals surface area contributed by atoms with Crippen molar-refractivity contribution in [2.45, 2.75) is 12.2 Å².